The minimum Gasteiger partial charge on any atom is -0.489 e. The van der Waals surface area contributed by atoms with Gasteiger partial charge in [0.2, 0.25) is 0 Å². The van der Waals surface area contributed by atoms with Crippen LogP contribution in [0.25, 0.3) is 10.8 Å². The molecule has 1 heterocycles. The van der Waals surface area contributed by atoms with E-state index in [0.29, 0.717) is 37.2 Å². The van der Waals surface area contributed by atoms with E-state index in [4.69, 9.17) is 25.2 Å². The first-order valence-electron chi connectivity index (χ1n) is 13.5. The normalized spacial score (nSPS) is 16.6. The number of fused-ring (bicyclic) bond motifs is 1. The summed E-state index contributed by atoms with van der Waals surface area (Å²) in [5.74, 6) is -0.101. The van der Waals surface area contributed by atoms with Gasteiger partial charge in [-0.1, -0.05) is 47.6 Å². The average molecular weight is 548 g/mol. The number of oxime groups is 1. The smallest absolute Gasteiger partial charge is 0.410 e. The van der Waals surface area contributed by atoms with Gasteiger partial charge in [0.05, 0.1) is 19.1 Å². The van der Waals surface area contributed by atoms with E-state index in [0.717, 1.165) is 21.9 Å². The van der Waals surface area contributed by atoms with Gasteiger partial charge in [-0.15, -0.1) is 0 Å². The highest BCUT2D eigenvalue weighted by atomic mass is 16.6. The summed E-state index contributed by atoms with van der Waals surface area (Å²) in [4.78, 5) is 27.0. The van der Waals surface area contributed by atoms with E-state index in [1.807, 2.05) is 75.4 Å². The van der Waals surface area contributed by atoms with Gasteiger partial charge in [0.15, 0.2) is 5.84 Å². The van der Waals surface area contributed by atoms with Gasteiger partial charge in [0, 0.05) is 18.5 Å². The number of esters is 1. The van der Waals surface area contributed by atoms with E-state index >= 15 is 0 Å². The molecule has 3 aromatic carbocycles. The second-order valence-electron chi connectivity index (χ2n) is 10.9. The Morgan fingerprint density at radius 3 is 2.48 bits per heavy atom. The number of rotatable bonds is 8. The molecule has 3 N–H and O–H groups in total. The van der Waals surface area contributed by atoms with Crippen molar-refractivity contribution in [1.82, 2.24) is 4.90 Å². The maximum atomic E-state index is 13.0. The SMILES string of the molecule is CCOC(=O)[C@@H](Cc1ccc2ccc(/C(N)=N\O)cc2c1)c1ccc(O[C@H]2CCN(C(=O)OC(C)(C)C)C2)cc1. The summed E-state index contributed by atoms with van der Waals surface area (Å²) < 4.78 is 17.0. The zero-order valence-corrected chi connectivity index (χ0v) is 23.4. The van der Waals surface area contributed by atoms with Crippen molar-refractivity contribution in [1.29, 1.82) is 0 Å². The van der Waals surface area contributed by atoms with Crippen molar-refractivity contribution >= 4 is 28.7 Å². The molecule has 1 aliphatic heterocycles. The van der Waals surface area contributed by atoms with E-state index in [2.05, 4.69) is 5.16 Å². The number of hydrogen-bond acceptors (Lipinski definition) is 7. The van der Waals surface area contributed by atoms with E-state index in [9.17, 15) is 9.59 Å². The predicted molar refractivity (Wildman–Crippen MR) is 153 cm³/mol. The van der Waals surface area contributed by atoms with Crippen molar-refractivity contribution < 1.29 is 29.0 Å². The molecule has 9 heteroatoms. The Kier molecular flexibility index (Phi) is 8.82. The highest BCUT2D eigenvalue weighted by molar-refractivity contribution is 6.00. The fourth-order valence-corrected chi connectivity index (χ4v) is 4.74. The molecule has 2 atom stereocenters. The van der Waals surface area contributed by atoms with Crippen molar-refractivity contribution in [3.8, 4) is 5.75 Å². The van der Waals surface area contributed by atoms with Crippen LogP contribution < -0.4 is 10.5 Å². The van der Waals surface area contributed by atoms with Gasteiger partial charge >= 0.3 is 12.1 Å². The standard InChI is InChI=1S/C31H37N3O6/c1-5-38-29(35)27(17-20-6-7-21-8-9-23(28(32)33-37)18-24(21)16-20)22-10-12-25(13-11-22)39-26-14-15-34(19-26)30(36)40-31(2,3)4/h6-13,16,18,26-27,37H,5,14-15,17,19H2,1-4H3,(H2,32,33)/t26-,27-/m0/s1. The Hall–Kier alpha value is -4.27. The molecule has 1 saturated heterocycles. The summed E-state index contributed by atoms with van der Waals surface area (Å²) in [5.41, 5.74) is 7.61. The second kappa shape index (κ2) is 12.3. The van der Waals surface area contributed by atoms with Crippen LogP contribution in [0.5, 0.6) is 5.75 Å². The molecular formula is C31H37N3O6. The van der Waals surface area contributed by atoms with E-state index < -0.39 is 11.5 Å². The van der Waals surface area contributed by atoms with Crippen LogP contribution in [0, 0.1) is 0 Å². The minimum absolute atomic E-state index is 0.0363. The topological polar surface area (TPSA) is 124 Å². The van der Waals surface area contributed by atoms with Gasteiger partial charge in [-0.05, 0) is 74.2 Å². The second-order valence-corrected chi connectivity index (χ2v) is 10.9. The lowest BCUT2D eigenvalue weighted by Crippen LogP contribution is -2.36. The summed E-state index contributed by atoms with van der Waals surface area (Å²) >= 11 is 0. The number of ether oxygens (including phenoxy) is 3. The first kappa shape index (κ1) is 28.7. The van der Waals surface area contributed by atoms with Gasteiger partial charge in [-0.25, -0.2) is 4.79 Å². The van der Waals surface area contributed by atoms with E-state index in [1.54, 1.807) is 17.9 Å². The quantitative estimate of drug-likeness (QED) is 0.130. The van der Waals surface area contributed by atoms with Crippen LogP contribution >= 0.6 is 0 Å². The van der Waals surface area contributed by atoms with Crippen molar-refractivity contribution in [2.75, 3.05) is 19.7 Å². The third-order valence-corrected chi connectivity index (χ3v) is 6.70. The molecule has 0 unspecified atom stereocenters. The Morgan fingerprint density at radius 1 is 1.07 bits per heavy atom. The Balaban J connectivity index is 1.47. The zero-order chi connectivity index (χ0) is 28.9. The molecule has 1 aliphatic rings. The summed E-state index contributed by atoms with van der Waals surface area (Å²) in [5, 5.41) is 14.0. The van der Waals surface area contributed by atoms with Crippen LogP contribution in [0.4, 0.5) is 4.79 Å². The van der Waals surface area contributed by atoms with Crippen molar-refractivity contribution in [2.24, 2.45) is 10.9 Å². The molecule has 0 bridgehead atoms. The average Bonchev–Trinajstić information content (AvgIpc) is 3.39. The number of nitrogens with zero attached hydrogens (tertiary/aromatic N) is 2. The maximum Gasteiger partial charge on any atom is 0.410 e. The Labute approximate surface area is 234 Å². The van der Waals surface area contributed by atoms with E-state index in [1.165, 1.54) is 0 Å². The molecular weight excluding hydrogens is 510 g/mol. The molecule has 0 aliphatic carbocycles. The Bertz CT molecular complexity index is 1380. The lowest BCUT2D eigenvalue weighted by molar-refractivity contribution is -0.144. The van der Waals surface area contributed by atoms with Gasteiger partial charge in [-0.3, -0.25) is 4.79 Å². The molecule has 0 spiro atoms. The maximum absolute atomic E-state index is 13.0. The fraction of sp³-hybridized carbons (Fsp3) is 0.387. The minimum atomic E-state index is -0.542. The number of amidine groups is 1. The van der Waals surface area contributed by atoms with Crippen LogP contribution in [-0.2, 0) is 20.7 Å². The molecule has 0 aromatic heterocycles. The third-order valence-electron chi connectivity index (χ3n) is 6.70. The van der Waals surface area contributed by atoms with Gasteiger partial charge in [0.1, 0.15) is 17.5 Å². The number of carbonyl (C=O) groups excluding carboxylic acids is 2. The first-order chi connectivity index (χ1) is 19.1. The van der Waals surface area contributed by atoms with Crippen LogP contribution in [0.1, 0.15) is 56.7 Å². The lowest BCUT2D eigenvalue weighted by Gasteiger charge is -2.24. The highest BCUT2D eigenvalue weighted by Crippen LogP contribution is 2.28. The predicted octanol–water partition coefficient (Wildman–Crippen LogP) is 5.21. The summed E-state index contributed by atoms with van der Waals surface area (Å²) in [6.07, 6.45) is 0.690. The summed E-state index contributed by atoms with van der Waals surface area (Å²) in [6, 6.07) is 19.0. The van der Waals surface area contributed by atoms with Crippen molar-refractivity contribution in [3.63, 3.8) is 0 Å². The largest absolute Gasteiger partial charge is 0.489 e. The molecule has 1 amide bonds. The van der Waals surface area contributed by atoms with Gasteiger partial charge in [-0.2, -0.15) is 0 Å². The number of hydrogen-bond donors (Lipinski definition) is 2. The molecule has 40 heavy (non-hydrogen) atoms. The molecule has 1 fully saturated rings. The molecule has 9 nitrogen and oxygen atoms in total. The van der Waals surface area contributed by atoms with Crippen molar-refractivity contribution in [3.05, 3.63) is 77.4 Å². The third kappa shape index (κ3) is 7.22. The van der Waals surface area contributed by atoms with E-state index in [-0.39, 0.29) is 30.6 Å². The number of amides is 1. The van der Waals surface area contributed by atoms with Crippen molar-refractivity contribution in [2.45, 2.75) is 58.2 Å². The lowest BCUT2D eigenvalue weighted by atomic mass is 9.91. The van der Waals surface area contributed by atoms with Crippen LogP contribution in [0.3, 0.4) is 0 Å². The number of nitrogens with two attached hydrogens (primary N) is 1. The molecule has 0 radical (unpaired) electrons. The van der Waals surface area contributed by atoms with Crippen LogP contribution in [0.2, 0.25) is 0 Å². The van der Waals surface area contributed by atoms with Gasteiger partial charge in [0.25, 0.3) is 0 Å². The van der Waals surface area contributed by atoms with Gasteiger partial charge < -0.3 is 30.1 Å². The zero-order valence-electron chi connectivity index (χ0n) is 23.4. The number of carbonyl (C=O) groups is 2. The molecule has 3 aromatic rings. The summed E-state index contributed by atoms with van der Waals surface area (Å²) in [7, 11) is 0. The fourth-order valence-electron chi connectivity index (χ4n) is 4.74. The summed E-state index contributed by atoms with van der Waals surface area (Å²) in [6.45, 7) is 8.66. The molecule has 4 rings (SSSR count). The monoisotopic (exact) mass is 547 g/mol. The van der Waals surface area contributed by atoms with Crippen LogP contribution in [-0.4, -0.2) is 59.4 Å². The highest BCUT2D eigenvalue weighted by Gasteiger charge is 2.31. The van der Waals surface area contributed by atoms with Crippen LogP contribution in [0.15, 0.2) is 65.8 Å². The first-order valence-corrected chi connectivity index (χ1v) is 13.5. The molecule has 212 valence electrons. The number of likely N-dealkylation sites (tertiary alicyclic amines) is 1. The number of benzene rings is 3. The Morgan fingerprint density at radius 2 is 1.80 bits per heavy atom. The molecule has 0 saturated carbocycles.